The van der Waals surface area contributed by atoms with Crippen LogP contribution in [-0.4, -0.2) is 30.9 Å². The fourth-order valence-corrected chi connectivity index (χ4v) is 2.42. The fourth-order valence-electron chi connectivity index (χ4n) is 2.42. The summed E-state index contributed by atoms with van der Waals surface area (Å²) >= 11 is 0. The van der Waals surface area contributed by atoms with Crippen LogP contribution in [0.5, 0.6) is 17.4 Å². The highest BCUT2D eigenvalue weighted by molar-refractivity contribution is 5.73. The molecular formula is C20H23N3O5. The van der Waals surface area contributed by atoms with E-state index in [1.165, 1.54) is 0 Å². The number of carbonyl (C=O) groups is 1. The second-order valence-corrected chi connectivity index (χ2v) is 6.29. The summed E-state index contributed by atoms with van der Waals surface area (Å²) in [6, 6.07) is 12.3. The number of amides is 2. The van der Waals surface area contributed by atoms with Gasteiger partial charge in [-0.1, -0.05) is 5.16 Å². The fraction of sp³-hybridized carbons (Fsp3) is 0.300. The first-order valence-corrected chi connectivity index (χ1v) is 8.99. The van der Waals surface area contributed by atoms with Crippen LogP contribution in [0.1, 0.15) is 19.6 Å². The monoisotopic (exact) mass is 385 g/mol. The third kappa shape index (κ3) is 5.29. The predicted molar refractivity (Wildman–Crippen MR) is 103 cm³/mol. The summed E-state index contributed by atoms with van der Waals surface area (Å²) in [6.45, 7) is 4.39. The molecule has 0 aliphatic heterocycles. The predicted octanol–water partition coefficient (Wildman–Crippen LogP) is 3.99. The number of rotatable bonds is 8. The van der Waals surface area contributed by atoms with Crippen molar-refractivity contribution < 1.29 is 23.2 Å². The van der Waals surface area contributed by atoms with Crippen LogP contribution >= 0.6 is 0 Å². The molecule has 0 saturated carbocycles. The lowest BCUT2D eigenvalue weighted by Crippen LogP contribution is -2.33. The van der Waals surface area contributed by atoms with Crippen molar-refractivity contribution in [1.29, 1.82) is 0 Å². The summed E-state index contributed by atoms with van der Waals surface area (Å²) < 4.78 is 22.3. The zero-order valence-electron chi connectivity index (χ0n) is 16.0. The SMILES string of the molecule is CNC(=O)NCCc1cc(-c2ccc(Oc3ccc(OC(C)C)cc3)o2)no1. The topological polar surface area (TPSA) is 98.8 Å². The molecule has 0 unspecified atom stereocenters. The highest BCUT2D eigenvalue weighted by Crippen LogP contribution is 2.30. The third-order valence-electron chi connectivity index (χ3n) is 3.69. The van der Waals surface area contributed by atoms with E-state index in [1.54, 1.807) is 25.2 Å². The quantitative estimate of drug-likeness (QED) is 0.608. The Morgan fingerprint density at radius 3 is 2.61 bits per heavy atom. The van der Waals surface area contributed by atoms with Crippen molar-refractivity contribution in [2.75, 3.05) is 13.6 Å². The Kier molecular flexibility index (Phi) is 6.21. The van der Waals surface area contributed by atoms with Crippen LogP contribution in [0.4, 0.5) is 4.79 Å². The zero-order valence-corrected chi connectivity index (χ0v) is 16.0. The summed E-state index contributed by atoms with van der Waals surface area (Å²) in [5.41, 5.74) is 0.561. The highest BCUT2D eigenvalue weighted by atomic mass is 16.6. The van der Waals surface area contributed by atoms with Crippen LogP contribution in [-0.2, 0) is 6.42 Å². The average Bonchev–Trinajstić information content (AvgIpc) is 3.32. The third-order valence-corrected chi connectivity index (χ3v) is 3.69. The Morgan fingerprint density at radius 1 is 1.14 bits per heavy atom. The summed E-state index contributed by atoms with van der Waals surface area (Å²) in [5, 5.41) is 9.16. The number of nitrogens with one attached hydrogen (secondary N) is 2. The van der Waals surface area contributed by atoms with Gasteiger partial charge in [0.2, 0.25) is 0 Å². The van der Waals surface area contributed by atoms with E-state index in [0.717, 1.165) is 5.75 Å². The van der Waals surface area contributed by atoms with E-state index in [9.17, 15) is 4.79 Å². The number of hydrogen-bond donors (Lipinski definition) is 2. The number of nitrogens with zero attached hydrogens (tertiary/aromatic N) is 1. The Morgan fingerprint density at radius 2 is 1.89 bits per heavy atom. The van der Waals surface area contributed by atoms with Gasteiger partial charge in [-0.15, -0.1) is 0 Å². The van der Waals surface area contributed by atoms with Crippen LogP contribution in [0.2, 0.25) is 0 Å². The maximum absolute atomic E-state index is 11.1. The Bertz CT molecular complexity index is 899. The number of urea groups is 1. The molecule has 148 valence electrons. The molecule has 0 bridgehead atoms. The molecule has 2 N–H and O–H groups in total. The van der Waals surface area contributed by atoms with Gasteiger partial charge in [0, 0.05) is 32.1 Å². The van der Waals surface area contributed by atoms with Crippen molar-refractivity contribution in [1.82, 2.24) is 15.8 Å². The van der Waals surface area contributed by atoms with Crippen molar-refractivity contribution >= 4 is 6.03 Å². The molecule has 0 spiro atoms. The smallest absolute Gasteiger partial charge is 0.314 e. The molecule has 8 nitrogen and oxygen atoms in total. The molecule has 8 heteroatoms. The van der Waals surface area contributed by atoms with E-state index >= 15 is 0 Å². The largest absolute Gasteiger partial charge is 0.491 e. The van der Waals surface area contributed by atoms with Crippen molar-refractivity contribution in [3.8, 4) is 28.9 Å². The number of ether oxygens (including phenoxy) is 2. The normalized spacial score (nSPS) is 10.7. The van der Waals surface area contributed by atoms with Gasteiger partial charge in [-0.25, -0.2) is 4.79 Å². The van der Waals surface area contributed by atoms with E-state index in [4.69, 9.17) is 18.4 Å². The van der Waals surface area contributed by atoms with Crippen LogP contribution in [0.25, 0.3) is 11.5 Å². The molecular weight excluding hydrogens is 362 g/mol. The molecule has 2 aromatic heterocycles. The minimum Gasteiger partial charge on any atom is -0.491 e. The van der Waals surface area contributed by atoms with Gasteiger partial charge >= 0.3 is 6.03 Å². The molecule has 0 fully saturated rings. The number of furan rings is 1. The lowest BCUT2D eigenvalue weighted by atomic mass is 10.2. The number of carbonyl (C=O) groups excluding carboxylic acids is 1. The summed E-state index contributed by atoms with van der Waals surface area (Å²) in [5.74, 6) is 2.94. The number of aromatic nitrogens is 1. The van der Waals surface area contributed by atoms with E-state index in [2.05, 4.69) is 15.8 Å². The van der Waals surface area contributed by atoms with Crippen LogP contribution in [0, 0.1) is 0 Å². The summed E-state index contributed by atoms with van der Waals surface area (Å²) in [6.07, 6.45) is 0.640. The van der Waals surface area contributed by atoms with Gasteiger partial charge in [0.05, 0.1) is 6.10 Å². The Labute approximate surface area is 162 Å². The van der Waals surface area contributed by atoms with Gasteiger partial charge in [-0.05, 0) is 44.2 Å². The molecule has 0 aliphatic carbocycles. The van der Waals surface area contributed by atoms with E-state index in [-0.39, 0.29) is 12.1 Å². The Hall–Kier alpha value is -3.42. The Balaban J connectivity index is 1.57. The minimum absolute atomic E-state index is 0.117. The van der Waals surface area contributed by atoms with Crippen molar-refractivity contribution in [3.05, 3.63) is 48.2 Å². The first-order chi connectivity index (χ1) is 13.5. The molecule has 1 aromatic carbocycles. The first-order valence-electron chi connectivity index (χ1n) is 8.99. The molecule has 3 rings (SSSR count). The molecule has 2 heterocycles. The van der Waals surface area contributed by atoms with Crippen molar-refractivity contribution in [3.63, 3.8) is 0 Å². The summed E-state index contributed by atoms with van der Waals surface area (Å²) in [4.78, 5) is 11.1. The molecule has 28 heavy (non-hydrogen) atoms. The molecule has 2 amide bonds. The molecule has 0 radical (unpaired) electrons. The first kappa shape index (κ1) is 19.3. The van der Waals surface area contributed by atoms with Gasteiger partial charge in [-0.2, -0.15) is 0 Å². The van der Waals surface area contributed by atoms with Gasteiger partial charge in [0.25, 0.3) is 5.95 Å². The van der Waals surface area contributed by atoms with Gasteiger partial charge in [0.1, 0.15) is 23.0 Å². The second kappa shape index (κ2) is 8.98. The highest BCUT2D eigenvalue weighted by Gasteiger charge is 2.12. The summed E-state index contributed by atoms with van der Waals surface area (Å²) in [7, 11) is 1.56. The van der Waals surface area contributed by atoms with Crippen LogP contribution in [0.15, 0.2) is 51.4 Å². The van der Waals surface area contributed by atoms with Gasteiger partial charge < -0.3 is 29.0 Å². The minimum atomic E-state index is -0.239. The zero-order chi connectivity index (χ0) is 19.9. The van der Waals surface area contributed by atoms with Gasteiger partial charge in [0.15, 0.2) is 5.76 Å². The standard InChI is InChI=1S/C20H23N3O5/c1-13(2)25-14-4-6-15(7-5-14)26-19-9-8-18(27-19)17-12-16(28-23-17)10-11-22-20(24)21-3/h4-9,12-13H,10-11H2,1-3H3,(H2,21,22,24). The lowest BCUT2D eigenvalue weighted by molar-refractivity contribution is 0.241. The van der Waals surface area contributed by atoms with E-state index in [1.807, 2.05) is 38.1 Å². The molecule has 3 aromatic rings. The van der Waals surface area contributed by atoms with Crippen molar-refractivity contribution in [2.24, 2.45) is 0 Å². The van der Waals surface area contributed by atoms with E-state index < -0.39 is 0 Å². The average molecular weight is 385 g/mol. The van der Waals surface area contributed by atoms with Crippen LogP contribution in [0.3, 0.4) is 0 Å². The number of benzene rings is 1. The lowest BCUT2D eigenvalue weighted by Gasteiger charge is -2.09. The van der Waals surface area contributed by atoms with Crippen LogP contribution < -0.4 is 20.1 Å². The molecule has 0 atom stereocenters. The van der Waals surface area contributed by atoms with Gasteiger partial charge in [-0.3, -0.25) is 0 Å². The molecule has 0 aliphatic rings. The van der Waals surface area contributed by atoms with E-state index in [0.29, 0.717) is 41.9 Å². The maximum atomic E-state index is 11.1. The van der Waals surface area contributed by atoms with Crippen molar-refractivity contribution in [2.45, 2.75) is 26.4 Å². The maximum Gasteiger partial charge on any atom is 0.314 e. The second-order valence-electron chi connectivity index (χ2n) is 6.29. The molecule has 0 saturated heterocycles. The number of hydrogen-bond acceptors (Lipinski definition) is 6.